The lowest BCUT2D eigenvalue weighted by Crippen LogP contribution is -2.39. The lowest BCUT2D eigenvalue weighted by molar-refractivity contribution is 0.0376. The maximum absolute atomic E-state index is 6.07. The molecule has 24 heavy (non-hydrogen) atoms. The summed E-state index contributed by atoms with van der Waals surface area (Å²) in [4.78, 5) is 6.72. The van der Waals surface area contributed by atoms with Crippen LogP contribution in [0.25, 0.3) is 0 Å². The SMILES string of the molecule is CC(CN=C(N)NCCCN1CCOCC1)Oc1ccccc1Cl. The Kier molecular flexibility index (Phi) is 8.15. The van der Waals surface area contributed by atoms with E-state index in [0.717, 1.165) is 45.8 Å². The third-order valence-electron chi connectivity index (χ3n) is 3.74. The zero-order valence-corrected chi connectivity index (χ0v) is 15.0. The minimum atomic E-state index is -0.0985. The molecule has 0 amide bonds. The molecule has 3 N–H and O–H groups in total. The maximum Gasteiger partial charge on any atom is 0.188 e. The fourth-order valence-electron chi connectivity index (χ4n) is 2.42. The number of nitrogens with two attached hydrogens (primary N) is 1. The zero-order chi connectivity index (χ0) is 17.2. The molecule has 6 nitrogen and oxygen atoms in total. The summed E-state index contributed by atoms with van der Waals surface area (Å²) in [7, 11) is 0. The van der Waals surface area contributed by atoms with Crippen LogP contribution in [0.5, 0.6) is 5.75 Å². The number of rotatable bonds is 8. The van der Waals surface area contributed by atoms with Crippen LogP contribution in [0.15, 0.2) is 29.3 Å². The van der Waals surface area contributed by atoms with Crippen LogP contribution >= 0.6 is 11.6 Å². The molecule has 0 saturated carbocycles. The van der Waals surface area contributed by atoms with Crippen molar-refractivity contribution in [2.75, 3.05) is 45.9 Å². The Morgan fingerprint density at radius 3 is 2.92 bits per heavy atom. The molecule has 1 aromatic rings. The molecule has 1 unspecified atom stereocenters. The largest absolute Gasteiger partial charge is 0.487 e. The predicted octanol–water partition coefficient (Wildman–Crippen LogP) is 1.73. The van der Waals surface area contributed by atoms with Gasteiger partial charge in [0, 0.05) is 19.6 Å². The molecule has 134 valence electrons. The first-order valence-corrected chi connectivity index (χ1v) is 8.78. The number of para-hydroxylation sites is 1. The molecule has 1 aliphatic heterocycles. The second kappa shape index (κ2) is 10.4. The van der Waals surface area contributed by atoms with Crippen LogP contribution in [0.2, 0.25) is 5.02 Å². The summed E-state index contributed by atoms with van der Waals surface area (Å²) in [6, 6.07) is 7.41. The standard InChI is InChI=1S/C17H27ClN4O2/c1-14(24-16-6-3-2-5-15(16)18)13-21-17(19)20-7-4-8-22-9-11-23-12-10-22/h2-3,5-6,14H,4,7-13H2,1H3,(H3,19,20,21). The van der Waals surface area contributed by atoms with Gasteiger partial charge in [0.15, 0.2) is 5.96 Å². The zero-order valence-electron chi connectivity index (χ0n) is 14.2. The van der Waals surface area contributed by atoms with Crippen LogP contribution < -0.4 is 15.8 Å². The first-order valence-electron chi connectivity index (χ1n) is 8.40. The molecule has 0 spiro atoms. The lowest BCUT2D eigenvalue weighted by Gasteiger charge is -2.26. The molecule has 0 aromatic heterocycles. The van der Waals surface area contributed by atoms with Gasteiger partial charge in [-0.2, -0.15) is 0 Å². The Morgan fingerprint density at radius 2 is 2.17 bits per heavy atom. The molecule has 7 heteroatoms. The van der Waals surface area contributed by atoms with E-state index in [9.17, 15) is 0 Å². The van der Waals surface area contributed by atoms with Crippen molar-refractivity contribution in [3.05, 3.63) is 29.3 Å². The van der Waals surface area contributed by atoms with Gasteiger partial charge in [-0.15, -0.1) is 0 Å². The van der Waals surface area contributed by atoms with Gasteiger partial charge in [0.1, 0.15) is 11.9 Å². The summed E-state index contributed by atoms with van der Waals surface area (Å²) in [5.41, 5.74) is 5.89. The maximum atomic E-state index is 6.07. The topological polar surface area (TPSA) is 72.1 Å². The highest BCUT2D eigenvalue weighted by Crippen LogP contribution is 2.24. The predicted molar refractivity (Wildman–Crippen MR) is 97.9 cm³/mol. The van der Waals surface area contributed by atoms with Gasteiger partial charge in [-0.1, -0.05) is 23.7 Å². The average Bonchev–Trinajstić information content (AvgIpc) is 2.60. The van der Waals surface area contributed by atoms with Gasteiger partial charge in [0.25, 0.3) is 0 Å². The van der Waals surface area contributed by atoms with E-state index in [-0.39, 0.29) is 6.10 Å². The van der Waals surface area contributed by atoms with Crippen molar-refractivity contribution >= 4 is 17.6 Å². The number of morpholine rings is 1. The van der Waals surface area contributed by atoms with Crippen molar-refractivity contribution < 1.29 is 9.47 Å². The van der Waals surface area contributed by atoms with E-state index in [1.807, 2.05) is 25.1 Å². The van der Waals surface area contributed by atoms with Crippen LogP contribution in [-0.2, 0) is 4.74 Å². The van der Waals surface area contributed by atoms with Gasteiger partial charge in [0.05, 0.1) is 24.8 Å². The molecule has 1 fully saturated rings. The summed E-state index contributed by atoms with van der Waals surface area (Å²) in [6.07, 6.45) is 0.931. The van der Waals surface area contributed by atoms with Crippen molar-refractivity contribution in [3.8, 4) is 5.75 Å². The van der Waals surface area contributed by atoms with Crippen molar-refractivity contribution in [3.63, 3.8) is 0 Å². The summed E-state index contributed by atoms with van der Waals surface area (Å²) in [6.45, 7) is 7.98. The van der Waals surface area contributed by atoms with E-state index in [4.69, 9.17) is 26.8 Å². The van der Waals surface area contributed by atoms with E-state index in [0.29, 0.717) is 23.3 Å². The van der Waals surface area contributed by atoms with E-state index in [1.54, 1.807) is 6.07 Å². The average molecular weight is 355 g/mol. The van der Waals surface area contributed by atoms with Gasteiger partial charge in [-0.3, -0.25) is 4.90 Å². The first kappa shape index (κ1) is 18.8. The van der Waals surface area contributed by atoms with Crippen molar-refractivity contribution in [2.45, 2.75) is 19.4 Å². The molecule has 1 aromatic carbocycles. The number of guanidine groups is 1. The number of nitrogens with zero attached hydrogens (tertiary/aromatic N) is 2. The molecular weight excluding hydrogens is 328 g/mol. The van der Waals surface area contributed by atoms with E-state index in [1.165, 1.54) is 0 Å². The second-order valence-electron chi connectivity index (χ2n) is 5.82. The van der Waals surface area contributed by atoms with E-state index in [2.05, 4.69) is 15.2 Å². The Morgan fingerprint density at radius 1 is 1.42 bits per heavy atom. The number of hydrogen-bond acceptors (Lipinski definition) is 4. The second-order valence-corrected chi connectivity index (χ2v) is 6.23. The number of aliphatic imine (C=N–C) groups is 1. The highest BCUT2D eigenvalue weighted by Gasteiger charge is 2.09. The Bertz CT molecular complexity index is 521. The summed E-state index contributed by atoms with van der Waals surface area (Å²) < 4.78 is 11.1. The van der Waals surface area contributed by atoms with Crippen molar-refractivity contribution in [2.24, 2.45) is 10.7 Å². The monoisotopic (exact) mass is 354 g/mol. The molecule has 0 radical (unpaired) electrons. The molecule has 2 rings (SSSR count). The molecule has 1 aliphatic rings. The van der Waals surface area contributed by atoms with Gasteiger partial charge in [-0.25, -0.2) is 4.99 Å². The minimum absolute atomic E-state index is 0.0985. The van der Waals surface area contributed by atoms with E-state index >= 15 is 0 Å². The summed E-state index contributed by atoms with van der Waals surface area (Å²) in [5, 5.41) is 3.74. The quantitative estimate of drug-likeness (QED) is 0.422. The third kappa shape index (κ3) is 6.95. The van der Waals surface area contributed by atoms with Crippen LogP contribution in [0.3, 0.4) is 0 Å². The Balaban J connectivity index is 1.61. The van der Waals surface area contributed by atoms with Crippen LogP contribution in [0.1, 0.15) is 13.3 Å². The first-order chi connectivity index (χ1) is 11.6. The van der Waals surface area contributed by atoms with Crippen LogP contribution in [0, 0.1) is 0 Å². The summed E-state index contributed by atoms with van der Waals surface area (Å²) >= 11 is 6.07. The van der Waals surface area contributed by atoms with E-state index < -0.39 is 0 Å². The van der Waals surface area contributed by atoms with Crippen LogP contribution in [0.4, 0.5) is 0 Å². The number of hydrogen-bond donors (Lipinski definition) is 2. The van der Waals surface area contributed by atoms with Gasteiger partial charge >= 0.3 is 0 Å². The number of halogens is 1. The van der Waals surface area contributed by atoms with Gasteiger partial charge in [0.2, 0.25) is 0 Å². The number of ether oxygens (including phenoxy) is 2. The Hall–Kier alpha value is -1.50. The summed E-state index contributed by atoms with van der Waals surface area (Å²) in [5.74, 6) is 1.12. The van der Waals surface area contributed by atoms with Crippen molar-refractivity contribution in [1.82, 2.24) is 10.2 Å². The highest BCUT2D eigenvalue weighted by atomic mass is 35.5. The molecular formula is C17H27ClN4O2. The molecule has 1 heterocycles. The lowest BCUT2D eigenvalue weighted by atomic mass is 10.3. The number of benzene rings is 1. The molecule has 0 aliphatic carbocycles. The minimum Gasteiger partial charge on any atom is -0.487 e. The fraction of sp³-hybridized carbons (Fsp3) is 0.588. The molecule has 1 atom stereocenters. The van der Waals surface area contributed by atoms with Gasteiger partial charge < -0.3 is 20.5 Å². The van der Waals surface area contributed by atoms with Gasteiger partial charge in [-0.05, 0) is 32.0 Å². The smallest absolute Gasteiger partial charge is 0.188 e. The highest BCUT2D eigenvalue weighted by molar-refractivity contribution is 6.32. The Labute approximate surface area is 149 Å². The molecule has 1 saturated heterocycles. The van der Waals surface area contributed by atoms with Crippen LogP contribution in [-0.4, -0.2) is 62.9 Å². The van der Waals surface area contributed by atoms with Crippen molar-refractivity contribution in [1.29, 1.82) is 0 Å². The fourth-order valence-corrected chi connectivity index (χ4v) is 2.60. The normalized spacial score (nSPS) is 17.5. The molecule has 0 bridgehead atoms. The third-order valence-corrected chi connectivity index (χ3v) is 4.06. The number of nitrogens with one attached hydrogen (secondary N) is 1.